The Hall–Kier alpha value is -0.410. The minimum Gasteiger partial charge on any atom is -0.330 e. The maximum absolute atomic E-state index is 5.56. The van der Waals surface area contributed by atoms with E-state index in [9.17, 15) is 0 Å². The number of nitrogens with two attached hydrogens (primary N) is 1. The Bertz CT molecular complexity index is 264. The molecule has 1 fully saturated rings. The van der Waals surface area contributed by atoms with Gasteiger partial charge in [0.05, 0.1) is 0 Å². The van der Waals surface area contributed by atoms with Gasteiger partial charge in [-0.05, 0) is 48.8 Å². The molecule has 2 N–H and O–H groups in total. The highest BCUT2D eigenvalue weighted by atomic mass is 32.1. The average molecular weight is 196 g/mol. The minimum atomic E-state index is 0.748. The quantitative estimate of drug-likeness (QED) is 0.805. The summed E-state index contributed by atoms with van der Waals surface area (Å²) in [4.78, 5) is 1.52. The van der Waals surface area contributed by atoms with Crippen molar-refractivity contribution in [2.75, 3.05) is 6.54 Å². The molecule has 1 aromatic heterocycles. The molecule has 0 atom stereocenters. The molecule has 0 aromatic carbocycles. The highest BCUT2D eigenvalue weighted by molar-refractivity contribution is 7.06. The molecule has 1 saturated carbocycles. The molecule has 1 heterocycles. The lowest BCUT2D eigenvalue weighted by Crippen LogP contribution is -2.04. The van der Waals surface area contributed by atoms with Gasteiger partial charge in [-0.15, -0.1) is 0 Å². The van der Waals surface area contributed by atoms with Crippen LogP contribution in [0.4, 0.5) is 0 Å². The highest BCUT2D eigenvalue weighted by Crippen LogP contribution is 2.37. The Morgan fingerprint density at radius 3 is 2.92 bits per heavy atom. The summed E-state index contributed by atoms with van der Waals surface area (Å²) in [5, 5.41) is 0. The van der Waals surface area contributed by atoms with E-state index < -0.39 is 0 Å². The van der Waals surface area contributed by atoms with Crippen molar-refractivity contribution in [3.05, 3.63) is 16.6 Å². The summed E-state index contributed by atoms with van der Waals surface area (Å²) in [6.07, 6.45) is 8.52. The first-order chi connectivity index (χ1) is 6.42. The molecule has 0 amide bonds. The summed E-state index contributed by atoms with van der Waals surface area (Å²) < 4.78 is 4.27. The summed E-state index contributed by atoms with van der Waals surface area (Å²) in [5.74, 6) is 0.800. The van der Waals surface area contributed by atoms with Gasteiger partial charge >= 0.3 is 0 Å². The summed E-state index contributed by atoms with van der Waals surface area (Å²) in [5.41, 5.74) is 6.97. The van der Waals surface area contributed by atoms with Crippen LogP contribution in [0.5, 0.6) is 0 Å². The molecule has 3 heteroatoms. The molecule has 0 saturated heterocycles. The predicted octanol–water partition coefficient (Wildman–Crippen LogP) is 2.30. The first-order valence-electron chi connectivity index (χ1n) is 5.05. The van der Waals surface area contributed by atoms with E-state index in [0.717, 1.165) is 18.9 Å². The van der Waals surface area contributed by atoms with Gasteiger partial charge < -0.3 is 5.73 Å². The van der Waals surface area contributed by atoms with Crippen LogP contribution < -0.4 is 5.73 Å². The van der Waals surface area contributed by atoms with Crippen molar-refractivity contribution in [1.82, 2.24) is 4.37 Å². The van der Waals surface area contributed by atoms with Crippen LogP contribution in [-0.2, 0) is 6.42 Å². The molecular formula is C10H16N2S. The molecule has 1 aliphatic rings. The third-order valence-electron chi connectivity index (χ3n) is 2.82. The average Bonchev–Trinajstić information content (AvgIpc) is 2.71. The van der Waals surface area contributed by atoms with Gasteiger partial charge in [-0.2, -0.15) is 0 Å². The van der Waals surface area contributed by atoms with Gasteiger partial charge in [0.2, 0.25) is 0 Å². The maximum Gasteiger partial charge on any atom is 0.0442 e. The van der Waals surface area contributed by atoms with Crippen molar-refractivity contribution in [2.24, 2.45) is 5.73 Å². The molecule has 13 heavy (non-hydrogen) atoms. The van der Waals surface area contributed by atoms with E-state index in [1.807, 2.05) is 6.20 Å². The Kier molecular flexibility index (Phi) is 2.96. The molecule has 0 aliphatic heterocycles. The summed E-state index contributed by atoms with van der Waals surface area (Å²) >= 11 is 1.68. The van der Waals surface area contributed by atoms with E-state index in [2.05, 4.69) is 4.37 Å². The first-order valence-corrected chi connectivity index (χ1v) is 5.82. The number of aromatic nitrogens is 1. The van der Waals surface area contributed by atoms with Crippen LogP contribution in [0.25, 0.3) is 0 Å². The smallest absolute Gasteiger partial charge is 0.0442 e. The van der Waals surface area contributed by atoms with E-state index in [-0.39, 0.29) is 0 Å². The molecule has 1 aromatic rings. The van der Waals surface area contributed by atoms with Crippen LogP contribution in [0, 0.1) is 0 Å². The van der Waals surface area contributed by atoms with Crippen molar-refractivity contribution in [2.45, 2.75) is 38.0 Å². The van der Waals surface area contributed by atoms with Crippen LogP contribution in [-0.4, -0.2) is 10.9 Å². The van der Waals surface area contributed by atoms with E-state index >= 15 is 0 Å². The van der Waals surface area contributed by atoms with Crippen LogP contribution in [0.15, 0.2) is 6.20 Å². The summed E-state index contributed by atoms with van der Waals surface area (Å²) in [7, 11) is 0. The zero-order chi connectivity index (χ0) is 9.10. The van der Waals surface area contributed by atoms with E-state index in [1.165, 1.54) is 36.1 Å². The topological polar surface area (TPSA) is 38.9 Å². The number of rotatable bonds is 3. The molecule has 0 bridgehead atoms. The zero-order valence-electron chi connectivity index (χ0n) is 7.83. The van der Waals surface area contributed by atoms with Crippen LogP contribution >= 0.6 is 11.5 Å². The van der Waals surface area contributed by atoms with Crippen LogP contribution in [0.3, 0.4) is 0 Å². The van der Waals surface area contributed by atoms with E-state index in [0.29, 0.717) is 0 Å². The second kappa shape index (κ2) is 4.20. The van der Waals surface area contributed by atoms with Crippen molar-refractivity contribution >= 4 is 11.5 Å². The third kappa shape index (κ3) is 1.92. The van der Waals surface area contributed by atoms with Gasteiger partial charge in [0.15, 0.2) is 0 Å². The monoisotopic (exact) mass is 196 g/mol. The standard InChI is InChI=1S/C10H16N2S/c11-6-5-9-7-12-13-10(9)8-3-1-2-4-8/h7-8H,1-6,11H2. The fraction of sp³-hybridized carbons (Fsp3) is 0.700. The summed E-state index contributed by atoms with van der Waals surface area (Å²) in [6, 6.07) is 0. The predicted molar refractivity (Wildman–Crippen MR) is 56.1 cm³/mol. The maximum atomic E-state index is 5.56. The summed E-state index contributed by atoms with van der Waals surface area (Å²) in [6.45, 7) is 0.748. The normalized spacial score (nSPS) is 18.2. The molecular weight excluding hydrogens is 180 g/mol. The Labute approximate surface area is 83.3 Å². The van der Waals surface area contributed by atoms with Crippen LogP contribution in [0.1, 0.15) is 42.0 Å². The van der Waals surface area contributed by atoms with Gasteiger partial charge in [0.1, 0.15) is 0 Å². The van der Waals surface area contributed by atoms with Gasteiger partial charge in [0.25, 0.3) is 0 Å². The van der Waals surface area contributed by atoms with Gasteiger partial charge in [0, 0.05) is 11.1 Å². The first kappa shape index (κ1) is 9.16. The van der Waals surface area contributed by atoms with Crippen molar-refractivity contribution in [1.29, 1.82) is 0 Å². The van der Waals surface area contributed by atoms with Crippen molar-refractivity contribution in [3.63, 3.8) is 0 Å². The van der Waals surface area contributed by atoms with Crippen LogP contribution in [0.2, 0.25) is 0 Å². The molecule has 2 rings (SSSR count). The largest absolute Gasteiger partial charge is 0.330 e. The van der Waals surface area contributed by atoms with Gasteiger partial charge in [-0.3, -0.25) is 0 Å². The SMILES string of the molecule is NCCc1cnsc1C1CCCC1. The zero-order valence-corrected chi connectivity index (χ0v) is 8.65. The fourth-order valence-electron chi connectivity index (χ4n) is 2.14. The Morgan fingerprint density at radius 2 is 2.23 bits per heavy atom. The van der Waals surface area contributed by atoms with Gasteiger partial charge in [-0.25, -0.2) is 4.37 Å². The van der Waals surface area contributed by atoms with E-state index in [1.54, 1.807) is 11.5 Å². The lowest BCUT2D eigenvalue weighted by atomic mass is 10.0. The fourth-order valence-corrected chi connectivity index (χ4v) is 3.09. The number of hydrogen-bond acceptors (Lipinski definition) is 3. The molecule has 72 valence electrons. The lowest BCUT2D eigenvalue weighted by molar-refractivity contribution is 0.727. The number of hydrogen-bond donors (Lipinski definition) is 1. The minimum absolute atomic E-state index is 0.748. The lowest BCUT2D eigenvalue weighted by Gasteiger charge is -2.07. The van der Waals surface area contributed by atoms with Crippen molar-refractivity contribution < 1.29 is 0 Å². The Morgan fingerprint density at radius 1 is 1.46 bits per heavy atom. The molecule has 0 unspecified atom stereocenters. The molecule has 0 radical (unpaired) electrons. The Balaban J connectivity index is 2.13. The second-order valence-corrected chi connectivity index (χ2v) is 4.57. The van der Waals surface area contributed by atoms with E-state index in [4.69, 9.17) is 5.73 Å². The molecule has 0 spiro atoms. The third-order valence-corrected chi connectivity index (χ3v) is 3.82. The van der Waals surface area contributed by atoms with Gasteiger partial charge in [-0.1, -0.05) is 12.8 Å². The highest BCUT2D eigenvalue weighted by Gasteiger charge is 2.21. The second-order valence-electron chi connectivity index (χ2n) is 3.74. The molecule has 2 nitrogen and oxygen atoms in total. The van der Waals surface area contributed by atoms with Crippen molar-refractivity contribution in [3.8, 4) is 0 Å². The molecule has 1 aliphatic carbocycles. The number of nitrogens with zero attached hydrogens (tertiary/aromatic N) is 1.